The molecule has 1 amide bonds. The van der Waals surface area contributed by atoms with Crippen LogP contribution in [0.3, 0.4) is 0 Å². The minimum absolute atomic E-state index is 0.113. The van der Waals surface area contributed by atoms with Crippen LogP contribution in [0, 0.1) is 0 Å². The van der Waals surface area contributed by atoms with Gasteiger partial charge >= 0.3 is 0 Å². The molecule has 4 aromatic rings. The molecule has 6 nitrogen and oxygen atoms in total. The average Bonchev–Trinajstić information content (AvgIpc) is 2.87. The second kappa shape index (κ2) is 10.4. The zero-order chi connectivity index (χ0) is 25.9. The van der Waals surface area contributed by atoms with E-state index >= 15 is 0 Å². The molecule has 0 unspecified atom stereocenters. The molecule has 0 aliphatic rings. The summed E-state index contributed by atoms with van der Waals surface area (Å²) in [4.78, 5) is 32.9. The number of amides is 1. The van der Waals surface area contributed by atoms with Gasteiger partial charge in [-0.1, -0.05) is 58.0 Å². The number of fused-ring (bicyclic) bond motifs is 1. The third-order valence-corrected chi connectivity index (χ3v) is 6.56. The molecule has 6 heteroatoms. The Labute approximate surface area is 212 Å². The Kier molecular flexibility index (Phi) is 7.34. The van der Waals surface area contributed by atoms with Gasteiger partial charge in [0, 0.05) is 36.4 Å². The topological polar surface area (TPSA) is 68.1 Å². The van der Waals surface area contributed by atoms with Gasteiger partial charge in [-0.3, -0.25) is 14.6 Å². The second-order valence-electron chi connectivity index (χ2n) is 10.1. The molecule has 2 aromatic heterocycles. The van der Waals surface area contributed by atoms with E-state index in [0.717, 1.165) is 34.3 Å². The third kappa shape index (κ3) is 5.38. The maximum atomic E-state index is 13.6. The maximum absolute atomic E-state index is 13.6. The van der Waals surface area contributed by atoms with Crippen molar-refractivity contribution in [3.05, 3.63) is 99.7 Å². The van der Waals surface area contributed by atoms with Crippen LogP contribution in [0.2, 0.25) is 0 Å². The lowest BCUT2D eigenvalue weighted by Crippen LogP contribution is -2.38. The van der Waals surface area contributed by atoms with Crippen LogP contribution >= 0.6 is 0 Å². The number of carbonyl (C=O) groups excluding carboxylic acids is 1. The molecule has 0 bridgehead atoms. The first kappa shape index (κ1) is 25.3. The van der Waals surface area contributed by atoms with Gasteiger partial charge in [-0.15, -0.1) is 0 Å². The number of pyridine rings is 1. The molecule has 186 valence electrons. The fourth-order valence-electron chi connectivity index (χ4n) is 4.39. The lowest BCUT2D eigenvalue weighted by atomic mass is 9.86. The van der Waals surface area contributed by atoms with E-state index in [1.165, 1.54) is 10.2 Å². The van der Waals surface area contributed by atoms with Crippen LogP contribution in [-0.2, 0) is 29.6 Å². The summed E-state index contributed by atoms with van der Waals surface area (Å²) in [6.45, 7) is 10.8. The van der Waals surface area contributed by atoms with Gasteiger partial charge in [0.05, 0.1) is 11.1 Å². The van der Waals surface area contributed by atoms with Gasteiger partial charge in [-0.25, -0.2) is 4.68 Å². The van der Waals surface area contributed by atoms with Gasteiger partial charge in [0.25, 0.3) is 5.56 Å². The summed E-state index contributed by atoms with van der Waals surface area (Å²) in [6, 6.07) is 17.9. The first-order valence-electron chi connectivity index (χ1n) is 12.5. The zero-order valence-electron chi connectivity index (χ0n) is 21.8. The molecule has 0 saturated carbocycles. The van der Waals surface area contributed by atoms with Gasteiger partial charge < -0.3 is 4.90 Å². The summed E-state index contributed by atoms with van der Waals surface area (Å²) in [7, 11) is 0. The van der Waals surface area contributed by atoms with Crippen molar-refractivity contribution in [2.24, 2.45) is 0 Å². The molecule has 2 heterocycles. The highest BCUT2D eigenvalue weighted by atomic mass is 16.2. The molecule has 0 radical (unpaired) electrons. The van der Waals surface area contributed by atoms with Crippen molar-refractivity contribution in [3.63, 3.8) is 0 Å². The van der Waals surface area contributed by atoms with Crippen molar-refractivity contribution in [2.45, 2.75) is 59.4 Å². The van der Waals surface area contributed by atoms with Crippen LogP contribution in [0.4, 0.5) is 5.69 Å². The van der Waals surface area contributed by atoms with E-state index in [4.69, 9.17) is 5.10 Å². The minimum atomic E-state index is -0.253. The molecule has 2 aromatic carbocycles. The Balaban J connectivity index is 1.77. The number of aryl methyl sites for hydroxylation is 1. The normalized spacial score (nSPS) is 11.6. The van der Waals surface area contributed by atoms with Crippen LogP contribution in [0.15, 0.2) is 71.8 Å². The highest BCUT2D eigenvalue weighted by Crippen LogP contribution is 2.26. The van der Waals surface area contributed by atoms with E-state index in [1.54, 1.807) is 17.3 Å². The van der Waals surface area contributed by atoms with E-state index in [9.17, 15) is 9.59 Å². The average molecular weight is 483 g/mol. The molecule has 0 fully saturated rings. The second-order valence-corrected chi connectivity index (χ2v) is 10.1. The molecule has 0 spiro atoms. The van der Waals surface area contributed by atoms with Gasteiger partial charge in [0.1, 0.15) is 6.54 Å². The summed E-state index contributed by atoms with van der Waals surface area (Å²) in [5.41, 5.74) is 4.47. The number of aromatic nitrogens is 3. The van der Waals surface area contributed by atoms with Crippen molar-refractivity contribution in [1.82, 2.24) is 14.8 Å². The molecule has 0 aliphatic carbocycles. The molecule has 4 rings (SSSR count). The Morgan fingerprint density at radius 3 is 2.33 bits per heavy atom. The molecule has 0 atom stereocenters. The number of anilines is 1. The number of benzene rings is 2. The molecule has 0 saturated heterocycles. The predicted octanol–water partition coefficient (Wildman–Crippen LogP) is 5.30. The van der Waals surface area contributed by atoms with Crippen LogP contribution in [0.1, 0.15) is 57.0 Å². The number of carbonyl (C=O) groups is 1. The number of nitrogens with zero attached hydrogens (tertiary/aromatic N) is 4. The number of rotatable bonds is 7. The summed E-state index contributed by atoms with van der Waals surface area (Å²) >= 11 is 0. The molecule has 0 aliphatic heterocycles. The molecule has 36 heavy (non-hydrogen) atoms. The van der Waals surface area contributed by atoms with Crippen molar-refractivity contribution in [3.8, 4) is 0 Å². The first-order valence-corrected chi connectivity index (χ1v) is 12.5. The summed E-state index contributed by atoms with van der Waals surface area (Å²) in [5.74, 6) is -0.171. The van der Waals surface area contributed by atoms with E-state index in [1.807, 2.05) is 55.5 Å². The number of hydrogen-bond acceptors (Lipinski definition) is 4. The summed E-state index contributed by atoms with van der Waals surface area (Å²) in [5, 5.41) is 6.09. The summed E-state index contributed by atoms with van der Waals surface area (Å²) in [6.07, 6.45) is 4.99. The quantitative estimate of drug-likeness (QED) is 0.359. The Hall–Kier alpha value is -3.80. The largest absolute Gasteiger partial charge is 0.311 e. The number of hydrogen-bond donors (Lipinski definition) is 0. The van der Waals surface area contributed by atoms with Crippen molar-refractivity contribution in [2.75, 3.05) is 11.4 Å². The highest BCUT2D eigenvalue weighted by Gasteiger charge is 2.20. The van der Waals surface area contributed by atoms with Gasteiger partial charge in [-0.05, 0) is 59.7 Å². The van der Waals surface area contributed by atoms with Crippen molar-refractivity contribution < 1.29 is 4.79 Å². The molecular formula is C30H34N4O2. The van der Waals surface area contributed by atoms with Gasteiger partial charge in [0.15, 0.2) is 0 Å². The van der Waals surface area contributed by atoms with Crippen LogP contribution in [0.5, 0.6) is 0 Å². The van der Waals surface area contributed by atoms with E-state index in [-0.39, 0.29) is 23.4 Å². The summed E-state index contributed by atoms with van der Waals surface area (Å²) < 4.78 is 1.33. The smallest absolute Gasteiger partial charge is 0.275 e. The minimum Gasteiger partial charge on any atom is -0.311 e. The maximum Gasteiger partial charge on any atom is 0.275 e. The molecule has 0 N–H and O–H groups in total. The lowest BCUT2D eigenvalue weighted by molar-refractivity contribution is -0.119. The monoisotopic (exact) mass is 482 g/mol. The van der Waals surface area contributed by atoms with Crippen LogP contribution in [0.25, 0.3) is 10.8 Å². The third-order valence-electron chi connectivity index (χ3n) is 6.56. The van der Waals surface area contributed by atoms with E-state index in [0.29, 0.717) is 18.4 Å². The number of likely N-dealkylation sites (N-methyl/N-ethyl adjacent to an activating group) is 1. The standard InChI is InChI=1S/C30H34N4O2/c1-6-21-10-13-24(14-11-21)33(7-2)28(35)20-34-29(36)26-18-23(30(3,4)5)12-15-25(26)27(32-34)17-22-9-8-16-31-19-22/h8-16,18-19H,6-7,17,20H2,1-5H3. The highest BCUT2D eigenvalue weighted by molar-refractivity contribution is 5.93. The molecular weight excluding hydrogens is 448 g/mol. The van der Waals surface area contributed by atoms with E-state index in [2.05, 4.69) is 38.7 Å². The van der Waals surface area contributed by atoms with Crippen LogP contribution < -0.4 is 10.5 Å². The SMILES string of the molecule is CCc1ccc(N(CC)C(=O)Cn2nc(Cc3cccnc3)c3ccc(C(C)(C)C)cc3c2=O)cc1. The Morgan fingerprint density at radius 1 is 0.972 bits per heavy atom. The lowest BCUT2D eigenvalue weighted by Gasteiger charge is -2.22. The fraction of sp³-hybridized carbons (Fsp3) is 0.333. The zero-order valence-corrected chi connectivity index (χ0v) is 21.8. The predicted molar refractivity (Wildman–Crippen MR) is 146 cm³/mol. The van der Waals surface area contributed by atoms with Crippen molar-refractivity contribution in [1.29, 1.82) is 0 Å². The fourth-order valence-corrected chi connectivity index (χ4v) is 4.39. The van der Waals surface area contributed by atoms with Crippen LogP contribution in [-0.4, -0.2) is 27.2 Å². The van der Waals surface area contributed by atoms with Gasteiger partial charge in [-0.2, -0.15) is 5.10 Å². The first-order chi connectivity index (χ1) is 17.2. The Morgan fingerprint density at radius 2 is 1.72 bits per heavy atom. The van der Waals surface area contributed by atoms with Crippen molar-refractivity contribution >= 4 is 22.4 Å². The van der Waals surface area contributed by atoms with E-state index < -0.39 is 0 Å². The van der Waals surface area contributed by atoms with Gasteiger partial charge in [0.2, 0.25) is 5.91 Å². The Bertz CT molecular complexity index is 1420.